The average molecular weight is 498 g/mol. The van der Waals surface area contributed by atoms with Gasteiger partial charge in [0.1, 0.15) is 0 Å². The van der Waals surface area contributed by atoms with Crippen molar-refractivity contribution < 1.29 is 19.4 Å². The number of aryl methyl sites for hydroxylation is 1. The molecule has 1 aliphatic carbocycles. The number of hydrogen-bond donors (Lipinski definition) is 4. The van der Waals surface area contributed by atoms with E-state index < -0.39 is 5.60 Å². The number of carbonyl (C=O) groups excluding carboxylic acids is 1. The Balaban J connectivity index is 1.29. The van der Waals surface area contributed by atoms with Crippen molar-refractivity contribution >= 4 is 40.0 Å². The number of benzene rings is 2. The average Bonchev–Trinajstić information content (AvgIpc) is 3.23. The van der Waals surface area contributed by atoms with E-state index in [2.05, 4.69) is 30.9 Å². The summed E-state index contributed by atoms with van der Waals surface area (Å²) in [5.41, 5.74) is 1.47. The number of aliphatic hydroxyl groups is 1. The summed E-state index contributed by atoms with van der Waals surface area (Å²) >= 11 is 6.51. The van der Waals surface area contributed by atoms with Gasteiger partial charge in [0.05, 0.1) is 35.1 Å². The number of aromatic nitrogens is 5. The van der Waals surface area contributed by atoms with Gasteiger partial charge in [-0.05, 0) is 43.2 Å². The summed E-state index contributed by atoms with van der Waals surface area (Å²) in [6, 6.07) is 8.94. The molecule has 2 heterocycles. The second-order valence-corrected chi connectivity index (χ2v) is 8.80. The summed E-state index contributed by atoms with van der Waals surface area (Å²) in [5, 5.41) is 28.4. The van der Waals surface area contributed by atoms with Gasteiger partial charge in [0.2, 0.25) is 5.95 Å². The van der Waals surface area contributed by atoms with Crippen molar-refractivity contribution in [2.45, 2.75) is 18.4 Å². The molecule has 2 aromatic heterocycles. The number of ether oxygens (including phenoxy) is 2. The molecule has 35 heavy (non-hydrogen) atoms. The van der Waals surface area contributed by atoms with E-state index in [0.717, 1.165) is 10.9 Å². The number of rotatable bonds is 9. The van der Waals surface area contributed by atoms with E-state index in [1.54, 1.807) is 36.1 Å². The molecule has 4 N–H and O–H groups in total. The third-order valence-corrected chi connectivity index (χ3v) is 6.20. The zero-order chi connectivity index (χ0) is 24.6. The number of anilines is 2. The van der Waals surface area contributed by atoms with Crippen molar-refractivity contribution in [3.63, 3.8) is 0 Å². The molecule has 11 nitrogen and oxygen atoms in total. The minimum atomic E-state index is -0.754. The minimum Gasteiger partial charge on any atom is -0.493 e. The Kier molecular flexibility index (Phi) is 5.95. The SMILES string of the molecule is COc1cc(-c2nc(Nc3ccc4[nH]ncc4c3Cl)n(C)n2)ccc1OCC(=O)NCC1(O)CC1. The van der Waals surface area contributed by atoms with E-state index in [0.29, 0.717) is 52.4 Å². The second kappa shape index (κ2) is 9.08. The number of halogens is 1. The number of aromatic amines is 1. The van der Waals surface area contributed by atoms with Crippen LogP contribution in [0.3, 0.4) is 0 Å². The van der Waals surface area contributed by atoms with Gasteiger partial charge >= 0.3 is 0 Å². The van der Waals surface area contributed by atoms with Crippen LogP contribution in [0.2, 0.25) is 5.02 Å². The second-order valence-electron chi connectivity index (χ2n) is 8.42. The monoisotopic (exact) mass is 497 g/mol. The largest absolute Gasteiger partial charge is 0.493 e. The van der Waals surface area contributed by atoms with Crippen LogP contribution in [0.15, 0.2) is 36.5 Å². The number of nitrogens with zero attached hydrogens (tertiary/aromatic N) is 4. The number of carbonyl (C=O) groups is 1. The lowest BCUT2D eigenvalue weighted by molar-refractivity contribution is -0.123. The lowest BCUT2D eigenvalue weighted by atomic mass is 10.2. The predicted octanol–water partition coefficient (Wildman–Crippen LogP) is 2.78. The maximum Gasteiger partial charge on any atom is 0.258 e. The molecule has 5 rings (SSSR count). The third kappa shape index (κ3) is 4.86. The summed E-state index contributed by atoms with van der Waals surface area (Å²) in [6.45, 7) is 0.0393. The molecular formula is C23H24ClN7O4. The van der Waals surface area contributed by atoms with Crippen molar-refractivity contribution in [3.8, 4) is 22.9 Å². The number of amides is 1. The summed E-state index contributed by atoms with van der Waals surface area (Å²) in [4.78, 5) is 16.6. The van der Waals surface area contributed by atoms with Crippen molar-refractivity contribution in [2.24, 2.45) is 7.05 Å². The van der Waals surface area contributed by atoms with Crippen LogP contribution in [-0.4, -0.2) is 61.8 Å². The van der Waals surface area contributed by atoms with Crippen LogP contribution in [0.4, 0.5) is 11.6 Å². The fraction of sp³-hybridized carbons (Fsp3) is 0.304. The molecule has 0 radical (unpaired) electrons. The summed E-state index contributed by atoms with van der Waals surface area (Å²) in [6.07, 6.45) is 3.07. The van der Waals surface area contributed by atoms with Gasteiger partial charge < -0.3 is 25.2 Å². The number of methoxy groups -OCH3 is 1. The number of fused-ring (bicyclic) bond motifs is 1. The minimum absolute atomic E-state index is 0.191. The Bertz CT molecular complexity index is 1400. The van der Waals surface area contributed by atoms with Gasteiger partial charge in [-0.25, -0.2) is 4.68 Å². The fourth-order valence-electron chi connectivity index (χ4n) is 3.52. The van der Waals surface area contributed by atoms with Crippen LogP contribution in [0.5, 0.6) is 11.5 Å². The molecule has 0 spiro atoms. The molecule has 1 aliphatic rings. The van der Waals surface area contributed by atoms with Crippen LogP contribution in [0.1, 0.15) is 12.8 Å². The molecular weight excluding hydrogens is 474 g/mol. The van der Waals surface area contributed by atoms with Gasteiger partial charge in [0, 0.05) is 24.5 Å². The maximum absolute atomic E-state index is 12.0. The van der Waals surface area contributed by atoms with Crippen LogP contribution >= 0.6 is 11.6 Å². The highest BCUT2D eigenvalue weighted by molar-refractivity contribution is 6.38. The molecule has 2 aromatic carbocycles. The predicted molar refractivity (Wildman–Crippen MR) is 130 cm³/mol. The van der Waals surface area contributed by atoms with Crippen molar-refractivity contribution in [3.05, 3.63) is 41.6 Å². The molecule has 4 aromatic rings. The number of hydrogen-bond acceptors (Lipinski definition) is 8. The lowest BCUT2D eigenvalue weighted by Gasteiger charge is -2.13. The highest BCUT2D eigenvalue weighted by Gasteiger charge is 2.40. The van der Waals surface area contributed by atoms with Crippen molar-refractivity contribution in [1.29, 1.82) is 0 Å². The molecule has 0 saturated heterocycles. The van der Waals surface area contributed by atoms with Crippen LogP contribution in [0, 0.1) is 0 Å². The Morgan fingerprint density at radius 1 is 1.29 bits per heavy atom. The third-order valence-electron chi connectivity index (χ3n) is 5.79. The van der Waals surface area contributed by atoms with Crippen LogP contribution in [0.25, 0.3) is 22.3 Å². The van der Waals surface area contributed by atoms with E-state index in [-0.39, 0.29) is 19.1 Å². The standard InChI is InChI=1S/C23H24ClN7O4/c1-31-22(27-16-5-4-15-14(20(16)24)10-26-29-15)28-21(30-31)13-3-6-17(18(9-13)34-2)35-11-19(32)25-12-23(33)7-8-23/h3-6,9-10,33H,7-8,11-12H2,1-2H3,(H,25,32)(H,26,29)(H,27,28,30). The van der Waals surface area contributed by atoms with Gasteiger partial charge in [-0.1, -0.05) is 11.6 Å². The van der Waals surface area contributed by atoms with Crippen LogP contribution < -0.4 is 20.1 Å². The normalized spacial score (nSPS) is 14.1. The van der Waals surface area contributed by atoms with E-state index in [9.17, 15) is 9.90 Å². The zero-order valence-electron chi connectivity index (χ0n) is 19.1. The van der Waals surface area contributed by atoms with Crippen LogP contribution in [-0.2, 0) is 11.8 Å². The van der Waals surface area contributed by atoms with E-state index in [1.165, 1.54) is 7.11 Å². The van der Waals surface area contributed by atoms with Crippen molar-refractivity contribution in [1.82, 2.24) is 30.3 Å². The molecule has 182 valence electrons. The smallest absolute Gasteiger partial charge is 0.258 e. The number of H-pyrrole nitrogens is 1. The fourth-order valence-corrected chi connectivity index (χ4v) is 3.78. The summed E-state index contributed by atoms with van der Waals surface area (Å²) in [7, 11) is 3.29. The Hall–Kier alpha value is -3.83. The van der Waals surface area contributed by atoms with Gasteiger partial charge in [-0.2, -0.15) is 10.1 Å². The summed E-state index contributed by atoms with van der Waals surface area (Å²) in [5.74, 6) is 1.50. The van der Waals surface area contributed by atoms with Crippen molar-refractivity contribution in [2.75, 3.05) is 25.6 Å². The van der Waals surface area contributed by atoms with Gasteiger partial charge in [-0.3, -0.25) is 9.89 Å². The molecule has 1 fully saturated rings. The molecule has 12 heteroatoms. The first-order valence-electron chi connectivity index (χ1n) is 11.0. The first kappa shape index (κ1) is 22.9. The lowest BCUT2D eigenvalue weighted by Crippen LogP contribution is -2.36. The Morgan fingerprint density at radius 3 is 2.89 bits per heavy atom. The molecule has 1 amide bonds. The zero-order valence-corrected chi connectivity index (χ0v) is 19.9. The molecule has 0 unspecified atom stereocenters. The maximum atomic E-state index is 12.0. The quantitative estimate of drug-likeness (QED) is 0.277. The molecule has 0 atom stereocenters. The highest BCUT2D eigenvalue weighted by Crippen LogP contribution is 2.35. The van der Waals surface area contributed by atoms with E-state index in [1.807, 2.05) is 12.1 Å². The van der Waals surface area contributed by atoms with Gasteiger partial charge in [0.15, 0.2) is 23.9 Å². The molecule has 1 saturated carbocycles. The first-order chi connectivity index (χ1) is 16.8. The van der Waals surface area contributed by atoms with Gasteiger partial charge in [-0.15, -0.1) is 5.10 Å². The number of nitrogens with one attached hydrogen (secondary N) is 3. The summed E-state index contributed by atoms with van der Waals surface area (Å²) < 4.78 is 12.7. The first-order valence-corrected chi connectivity index (χ1v) is 11.3. The molecule has 0 aliphatic heterocycles. The Labute approximate surface area is 205 Å². The van der Waals surface area contributed by atoms with E-state index in [4.69, 9.17) is 21.1 Å². The van der Waals surface area contributed by atoms with E-state index >= 15 is 0 Å². The van der Waals surface area contributed by atoms with Gasteiger partial charge in [0.25, 0.3) is 5.91 Å². The topological polar surface area (TPSA) is 139 Å². The Morgan fingerprint density at radius 2 is 2.11 bits per heavy atom. The highest BCUT2D eigenvalue weighted by atomic mass is 35.5. The molecule has 0 bridgehead atoms.